The number of hydrogen-bond acceptors (Lipinski definition) is 3. The number of aliphatic carboxylic acids is 1. The average molecular weight is 376 g/mol. The molecule has 0 aromatic heterocycles. The molecule has 4 atom stereocenters. The number of hydrogen-bond donors (Lipinski definition) is 3. The topological polar surface area (TPSA) is 95.5 Å². The summed E-state index contributed by atoms with van der Waals surface area (Å²) in [6.07, 6.45) is 9.11. The second kappa shape index (κ2) is 8.44. The van der Waals surface area contributed by atoms with Gasteiger partial charge in [0.05, 0.1) is 11.8 Å². The summed E-state index contributed by atoms with van der Waals surface area (Å²) in [5.41, 5.74) is 7.30. The standard InChI is InChI=1S/C21H32N2O4/c1-12(2)17-14-9-10-15(17)19(21(26)27)18(14)20(25)23-22-16(24)11-8-13-6-4-3-5-7-13/h13-15,18-19H,3-11H2,1-2H3,(H,22,24)(H,23,25)(H,26,27)/t14-,15+,18-,19+/m1/s1. The van der Waals surface area contributed by atoms with Gasteiger partial charge in [-0.25, -0.2) is 0 Å². The Hall–Kier alpha value is -1.85. The van der Waals surface area contributed by atoms with Gasteiger partial charge in [0, 0.05) is 6.42 Å². The van der Waals surface area contributed by atoms with Crippen LogP contribution in [0, 0.1) is 29.6 Å². The van der Waals surface area contributed by atoms with Crippen molar-refractivity contribution in [3.05, 3.63) is 11.1 Å². The predicted molar refractivity (Wildman–Crippen MR) is 101 cm³/mol. The van der Waals surface area contributed by atoms with Gasteiger partial charge in [-0.1, -0.05) is 43.3 Å². The third-order valence-electron chi connectivity index (χ3n) is 6.84. The molecule has 27 heavy (non-hydrogen) atoms. The van der Waals surface area contributed by atoms with Gasteiger partial charge >= 0.3 is 5.97 Å². The first-order valence-corrected chi connectivity index (χ1v) is 10.4. The van der Waals surface area contributed by atoms with Crippen LogP contribution >= 0.6 is 0 Å². The van der Waals surface area contributed by atoms with Crippen molar-refractivity contribution in [1.29, 1.82) is 0 Å². The van der Waals surface area contributed by atoms with Crippen molar-refractivity contribution in [1.82, 2.24) is 10.9 Å². The normalized spacial score (nSPS) is 30.2. The van der Waals surface area contributed by atoms with Gasteiger partial charge in [-0.2, -0.15) is 0 Å². The molecule has 2 bridgehead atoms. The fourth-order valence-electron chi connectivity index (χ4n) is 5.69. The zero-order valence-corrected chi connectivity index (χ0v) is 16.4. The van der Waals surface area contributed by atoms with Gasteiger partial charge in [0.25, 0.3) is 0 Å². The van der Waals surface area contributed by atoms with Crippen LogP contribution < -0.4 is 10.9 Å². The molecule has 0 spiro atoms. The van der Waals surface area contributed by atoms with E-state index in [0.717, 1.165) is 30.4 Å². The van der Waals surface area contributed by atoms with Gasteiger partial charge < -0.3 is 5.11 Å². The minimum atomic E-state index is -0.912. The minimum absolute atomic E-state index is 0.0137. The summed E-state index contributed by atoms with van der Waals surface area (Å²) in [7, 11) is 0. The van der Waals surface area contributed by atoms with Crippen LogP contribution in [0.5, 0.6) is 0 Å². The first-order chi connectivity index (χ1) is 12.9. The molecule has 6 heteroatoms. The van der Waals surface area contributed by atoms with Crippen LogP contribution in [-0.4, -0.2) is 22.9 Å². The largest absolute Gasteiger partial charge is 0.481 e. The second-order valence-electron chi connectivity index (χ2n) is 8.72. The Morgan fingerprint density at radius 3 is 2.15 bits per heavy atom. The van der Waals surface area contributed by atoms with Gasteiger partial charge in [0.1, 0.15) is 0 Å². The molecule has 3 fully saturated rings. The van der Waals surface area contributed by atoms with E-state index in [-0.39, 0.29) is 23.7 Å². The molecular formula is C21H32N2O4. The summed E-state index contributed by atoms with van der Waals surface area (Å²) in [6.45, 7) is 3.99. The first kappa shape index (κ1) is 19.9. The number of fused-ring (bicyclic) bond motifs is 2. The van der Waals surface area contributed by atoms with Crippen molar-refractivity contribution in [3.8, 4) is 0 Å². The Labute approximate surface area is 161 Å². The lowest BCUT2D eigenvalue weighted by molar-refractivity contribution is -0.149. The number of carbonyl (C=O) groups is 3. The Kier molecular flexibility index (Phi) is 6.22. The van der Waals surface area contributed by atoms with Crippen LogP contribution in [0.3, 0.4) is 0 Å². The Bertz CT molecular complexity index is 632. The monoisotopic (exact) mass is 376 g/mol. The van der Waals surface area contributed by atoms with Crippen LogP contribution in [-0.2, 0) is 14.4 Å². The number of hydrazine groups is 1. The van der Waals surface area contributed by atoms with Crippen molar-refractivity contribution < 1.29 is 19.5 Å². The van der Waals surface area contributed by atoms with E-state index >= 15 is 0 Å². The fourth-order valence-corrected chi connectivity index (χ4v) is 5.69. The number of amides is 2. The Morgan fingerprint density at radius 2 is 1.56 bits per heavy atom. The number of nitrogens with one attached hydrogen (secondary N) is 2. The lowest BCUT2D eigenvalue weighted by Crippen LogP contribution is -2.48. The Morgan fingerprint density at radius 1 is 0.926 bits per heavy atom. The van der Waals surface area contributed by atoms with E-state index in [1.165, 1.54) is 32.1 Å². The molecule has 6 nitrogen and oxygen atoms in total. The number of allylic oxidation sites excluding steroid dienone is 2. The quantitative estimate of drug-likeness (QED) is 0.507. The van der Waals surface area contributed by atoms with Crippen molar-refractivity contribution >= 4 is 17.8 Å². The van der Waals surface area contributed by atoms with E-state index in [1.807, 2.05) is 13.8 Å². The lowest BCUT2D eigenvalue weighted by Gasteiger charge is -2.26. The number of carboxylic acids is 1. The average Bonchev–Trinajstić information content (AvgIpc) is 3.21. The molecule has 0 unspecified atom stereocenters. The van der Waals surface area contributed by atoms with Crippen LogP contribution in [0.4, 0.5) is 0 Å². The van der Waals surface area contributed by atoms with Gasteiger partial charge in [-0.05, 0) is 50.9 Å². The number of carboxylic acid groups (broad SMARTS) is 1. The smallest absolute Gasteiger partial charge is 0.307 e. The third-order valence-corrected chi connectivity index (χ3v) is 6.84. The molecule has 3 aliphatic rings. The zero-order chi connectivity index (χ0) is 19.6. The molecular weight excluding hydrogens is 344 g/mol. The van der Waals surface area contributed by atoms with Crippen molar-refractivity contribution in [2.45, 2.75) is 71.6 Å². The van der Waals surface area contributed by atoms with Gasteiger partial charge in [-0.15, -0.1) is 0 Å². The van der Waals surface area contributed by atoms with E-state index in [2.05, 4.69) is 10.9 Å². The molecule has 0 saturated heterocycles. The summed E-state index contributed by atoms with van der Waals surface area (Å²) in [5, 5.41) is 9.67. The number of rotatable bonds is 5. The molecule has 0 aliphatic heterocycles. The fraction of sp³-hybridized carbons (Fsp3) is 0.762. The molecule has 150 valence electrons. The van der Waals surface area contributed by atoms with Crippen LogP contribution in [0.1, 0.15) is 71.6 Å². The van der Waals surface area contributed by atoms with Gasteiger partial charge in [0.15, 0.2) is 0 Å². The zero-order valence-electron chi connectivity index (χ0n) is 16.4. The minimum Gasteiger partial charge on any atom is -0.481 e. The van der Waals surface area contributed by atoms with Crippen LogP contribution in [0.2, 0.25) is 0 Å². The third kappa shape index (κ3) is 4.19. The first-order valence-electron chi connectivity index (χ1n) is 10.4. The highest BCUT2D eigenvalue weighted by Crippen LogP contribution is 2.57. The SMILES string of the molecule is CC(C)=C1[C@H]2CC[C@@H]1[C@H](C(=O)O)[C@@H]2C(=O)NNC(=O)CCC1CCCCC1. The summed E-state index contributed by atoms with van der Waals surface area (Å²) in [4.78, 5) is 36.6. The molecule has 3 aliphatic carbocycles. The Balaban J connectivity index is 1.54. The lowest BCUT2D eigenvalue weighted by atomic mass is 9.79. The van der Waals surface area contributed by atoms with Crippen molar-refractivity contribution in [3.63, 3.8) is 0 Å². The van der Waals surface area contributed by atoms with E-state index < -0.39 is 17.8 Å². The van der Waals surface area contributed by atoms with Crippen LogP contribution in [0.15, 0.2) is 11.1 Å². The summed E-state index contributed by atoms with van der Waals surface area (Å²) in [5.74, 6) is -2.19. The highest BCUT2D eigenvalue weighted by atomic mass is 16.4. The highest BCUT2D eigenvalue weighted by Gasteiger charge is 2.57. The molecule has 0 heterocycles. The van der Waals surface area contributed by atoms with E-state index in [4.69, 9.17) is 0 Å². The van der Waals surface area contributed by atoms with Gasteiger partial charge in [0.2, 0.25) is 11.8 Å². The molecule has 3 saturated carbocycles. The maximum Gasteiger partial charge on any atom is 0.307 e. The molecule has 0 radical (unpaired) electrons. The molecule has 0 aromatic rings. The maximum absolute atomic E-state index is 12.7. The maximum atomic E-state index is 12.7. The number of carbonyl (C=O) groups excluding carboxylic acids is 2. The molecule has 0 aromatic carbocycles. The van der Waals surface area contributed by atoms with Crippen molar-refractivity contribution in [2.75, 3.05) is 0 Å². The molecule has 3 rings (SSSR count). The van der Waals surface area contributed by atoms with Gasteiger partial charge in [-0.3, -0.25) is 25.2 Å². The highest BCUT2D eigenvalue weighted by molar-refractivity contribution is 5.89. The summed E-state index contributed by atoms with van der Waals surface area (Å²) in [6, 6.07) is 0. The predicted octanol–water partition coefficient (Wildman–Crippen LogP) is 3.19. The van der Waals surface area contributed by atoms with Crippen LogP contribution in [0.25, 0.3) is 0 Å². The summed E-state index contributed by atoms with van der Waals surface area (Å²) >= 11 is 0. The molecule has 3 N–H and O–H groups in total. The summed E-state index contributed by atoms with van der Waals surface area (Å²) < 4.78 is 0. The van der Waals surface area contributed by atoms with E-state index in [1.54, 1.807) is 0 Å². The molecule has 2 amide bonds. The van der Waals surface area contributed by atoms with E-state index in [9.17, 15) is 19.5 Å². The second-order valence-corrected chi connectivity index (χ2v) is 8.72. The van der Waals surface area contributed by atoms with E-state index in [0.29, 0.717) is 12.3 Å². The van der Waals surface area contributed by atoms with Crippen molar-refractivity contribution in [2.24, 2.45) is 29.6 Å².